The summed E-state index contributed by atoms with van der Waals surface area (Å²) in [5.41, 5.74) is 0. The Bertz CT molecular complexity index is 272. The maximum absolute atomic E-state index is 11.2. The predicted molar refractivity (Wildman–Crippen MR) is 54.8 cm³/mol. The van der Waals surface area contributed by atoms with Crippen molar-refractivity contribution in [2.45, 2.75) is 18.9 Å². The van der Waals surface area contributed by atoms with E-state index >= 15 is 0 Å². The number of nitrogens with one attached hydrogen (secondary N) is 1. The molecule has 1 N–H and O–H groups in total. The Hall–Kier alpha value is -1.10. The average Bonchev–Trinajstić information content (AvgIpc) is 2.78. The highest BCUT2D eigenvalue weighted by molar-refractivity contribution is 5.87. The van der Waals surface area contributed by atoms with Crippen LogP contribution in [0.15, 0.2) is 4.99 Å². The van der Waals surface area contributed by atoms with Gasteiger partial charge in [-0.3, -0.25) is 0 Å². The second-order valence-corrected chi connectivity index (χ2v) is 3.86. The molecule has 0 amide bonds. The Morgan fingerprint density at radius 3 is 3.20 bits per heavy atom. The number of piperidine rings is 1. The molecule has 84 valence electrons. The summed E-state index contributed by atoms with van der Waals surface area (Å²) < 4.78 is 10.1. The molecule has 2 rings (SSSR count). The first-order valence-corrected chi connectivity index (χ1v) is 5.30. The van der Waals surface area contributed by atoms with Crippen molar-refractivity contribution in [3.63, 3.8) is 0 Å². The van der Waals surface area contributed by atoms with Crippen LogP contribution >= 0.6 is 0 Å². The summed E-state index contributed by atoms with van der Waals surface area (Å²) in [6, 6.07) is -0.452. The molecule has 0 spiro atoms. The lowest BCUT2D eigenvalue weighted by molar-refractivity contribution is -0.142. The van der Waals surface area contributed by atoms with E-state index in [4.69, 9.17) is 4.74 Å². The molecule has 1 saturated heterocycles. The first-order chi connectivity index (χ1) is 7.31. The zero-order valence-corrected chi connectivity index (χ0v) is 8.86. The van der Waals surface area contributed by atoms with Gasteiger partial charge in [0.25, 0.3) is 0 Å². The smallest absolute Gasteiger partial charge is 0.334 e. The molecule has 5 nitrogen and oxygen atoms in total. The van der Waals surface area contributed by atoms with Gasteiger partial charge >= 0.3 is 5.97 Å². The van der Waals surface area contributed by atoms with Gasteiger partial charge < -0.3 is 14.8 Å². The van der Waals surface area contributed by atoms with Gasteiger partial charge in [0.05, 0.1) is 7.11 Å². The summed E-state index contributed by atoms with van der Waals surface area (Å²) >= 11 is 0. The maximum atomic E-state index is 11.2. The average molecular weight is 212 g/mol. The molecule has 2 atom stereocenters. The summed E-state index contributed by atoms with van der Waals surface area (Å²) in [6.07, 6.45) is 2.22. The number of methoxy groups -OCH3 is 1. The minimum absolute atomic E-state index is 0.311. The SMILES string of the molecule is COC(=O)C1COC(C2CCCNC2)=N1. The van der Waals surface area contributed by atoms with Crippen LogP contribution in [0, 0.1) is 5.92 Å². The van der Waals surface area contributed by atoms with Crippen molar-refractivity contribution in [2.75, 3.05) is 26.8 Å². The maximum Gasteiger partial charge on any atom is 0.334 e. The molecule has 0 bridgehead atoms. The molecule has 0 aromatic rings. The lowest BCUT2D eigenvalue weighted by Crippen LogP contribution is -2.34. The van der Waals surface area contributed by atoms with Crippen LogP contribution in [0.25, 0.3) is 0 Å². The van der Waals surface area contributed by atoms with Crippen molar-refractivity contribution in [2.24, 2.45) is 10.9 Å². The van der Waals surface area contributed by atoms with Gasteiger partial charge in [-0.2, -0.15) is 0 Å². The predicted octanol–water partition coefficient (Wildman–Crippen LogP) is -0.0437. The third-order valence-corrected chi connectivity index (χ3v) is 2.79. The molecule has 2 aliphatic heterocycles. The number of carbonyl (C=O) groups is 1. The molecule has 15 heavy (non-hydrogen) atoms. The van der Waals surface area contributed by atoms with Crippen LogP contribution in [0.2, 0.25) is 0 Å². The molecule has 0 saturated carbocycles. The lowest BCUT2D eigenvalue weighted by Gasteiger charge is -2.21. The normalized spacial score (nSPS) is 30.6. The molecule has 0 aromatic heterocycles. The number of ether oxygens (including phenoxy) is 2. The van der Waals surface area contributed by atoms with Crippen molar-refractivity contribution in [3.05, 3.63) is 0 Å². The number of nitrogens with zero attached hydrogens (tertiary/aromatic N) is 1. The molecule has 1 fully saturated rings. The number of aliphatic imine (C=N–C) groups is 1. The third-order valence-electron chi connectivity index (χ3n) is 2.79. The Kier molecular flexibility index (Phi) is 3.20. The lowest BCUT2D eigenvalue weighted by atomic mass is 10.00. The molecule has 2 aliphatic rings. The van der Waals surface area contributed by atoms with E-state index in [1.807, 2.05) is 0 Å². The largest absolute Gasteiger partial charge is 0.478 e. The summed E-state index contributed by atoms with van der Waals surface area (Å²) in [5, 5.41) is 3.29. The van der Waals surface area contributed by atoms with E-state index < -0.39 is 6.04 Å². The fraction of sp³-hybridized carbons (Fsp3) is 0.800. The zero-order chi connectivity index (χ0) is 10.7. The minimum atomic E-state index is -0.452. The third kappa shape index (κ3) is 2.28. The van der Waals surface area contributed by atoms with E-state index in [0.717, 1.165) is 31.8 Å². The molecule has 5 heteroatoms. The van der Waals surface area contributed by atoms with Crippen molar-refractivity contribution in [3.8, 4) is 0 Å². The fourth-order valence-electron chi connectivity index (χ4n) is 1.94. The number of carbonyl (C=O) groups excluding carboxylic acids is 1. The van der Waals surface area contributed by atoms with Crippen molar-refractivity contribution >= 4 is 11.9 Å². The van der Waals surface area contributed by atoms with Gasteiger partial charge in [0.15, 0.2) is 11.9 Å². The second-order valence-electron chi connectivity index (χ2n) is 3.86. The summed E-state index contributed by atoms with van der Waals surface area (Å²) in [7, 11) is 1.37. The van der Waals surface area contributed by atoms with Crippen molar-refractivity contribution in [1.82, 2.24) is 5.32 Å². The quantitative estimate of drug-likeness (QED) is 0.652. The van der Waals surface area contributed by atoms with Crippen molar-refractivity contribution < 1.29 is 14.3 Å². The zero-order valence-electron chi connectivity index (χ0n) is 8.86. The van der Waals surface area contributed by atoms with Gasteiger partial charge in [-0.25, -0.2) is 9.79 Å². The van der Waals surface area contributed by atoms with Crippen LogP contribution in [-0.2, 0) is 14.3 Å². The summed E-state index contributed by atoms with van der Waals surface area (Å²) in [5.74, 6) is 0.736. The van der Waals surface area contributed by atoms with Crippen LogP contribution in [-0.4, -0.2) is 44.7 Å². The van der Waals surface area contributed by atoms with Crippen molar-refractivity contribution in [1.29, 1.82) is 0 Å². The van der Waals surface area contributed by atoms with Gasteiger partial charge in [0.1, 0.15) is 6.61 Å². The Balaban J connectivity index is 1.95. The fourth-order valence-corrected chi connectivity index (χ4v) is 1.94. The first-order valence-electron chi connectivity index (χ1n) is 5.30. The second kappa shape index (κ2) is 4.61. The van der Waals surface area contributed by atoms with E-state index in [2.05, 4.69) is 15.0 Å². The van der Waals surface area contributed by atoms with Crippen LogP contribution in [0.3, 0.4) is 0 Å². The Labute approximate surface area is 88.8 Å². The number of hydrogen-bond acceptors (Lipinski definition) is 5. The molecule has 2 heterocycles. The summed E-state index contributed by atoms with van der Waals surface area (Å²) in [4.78, 5) is 15.5. The highest BCUT2D eigenvalue weighted by atomic mass is 16.5. The highest BCUT2D eigenvalue weighted by Crippen LogP contribution is 2.18. The standard InChI is InChI=1S/C10H16N2O3/c1-14-10(13)8-6-15-9(12-8)7-3-2-4-11-5-7/h7-8,11H,2-6H2,1H3. The molecular weight excluding hydrogens is 196 g/mol. The van der Waals surface area contributed by atoms with Crippen LogP contribution in [0.1, 0.15) is 12.8 Å². The number of hydrogen-bond donors (Lipinski definition) is 1. The first kappa shape index (κ1) is 10.4. The van der Waals surface area contributed by atoms with Gasteiger partial charge in [-0.15, -0.1) is 0 Å². The number of rotatable bonds is 2. The highest BCUT2D eigenvalue weighted by Gasteiger charge is 2.31. The number of esters is 1. The van der Waals surface area contributed by atoms with E-state index in [1.54, 1.807) is 0 Å². The summed E-state index contributed by atoms with van der Waals surface area (Å²) in [6.45, 7) is 2.29. The van der Waals surface area contributed by atoms with Gasteiger partial charge in [-0.05, 0) is 19.4 Å². The van der Waals surface area contributed by atoms with E-state index in [9.17, 15) is 4.79 Å². The van der Waals surface area contributed by atoms with Crippen LogP contribution in [0.4, 0.5) is 0 Å². The van der Waals surface area contributed by atoms with Gasteiger partial charge in [0, 0.05) is 12.5 Å². The van der Waals surface area contributed by atoms with E-state index in [0.29, 0.717) is 12.5 Å². The Morgan fingerprint density at radius 1 is 1.67 bits per heavy atom. The van der Waals surface area contributed by atoms with E-state index in [-0.39, 0.29) is 5.97 Å². The topological polar surface area (TPSA) is 59.9 Å². The molecule has 0 radical (unpaired) electrons. The Morgan fingerprint density at radius 2 is 2.53 bits per heavy atom. The minimum Gasteiger partial charge on any atom is -0.478 e. The van der Waals surface area contributed by atoms with E-state index in [1.165, 1.54) is 7.11 Å². The molecule has 0 aromatic carbocycles. The molecule has 0 aliphatic carbocycles. The van der Waals surface area contributed by atoms with Crippen LogP contribution in [0.5, 0.6) is 0 Å². The van der Waals surface area contributed by atoms with Crippen LogP contribution < -0.4 is 5.32 Å². The molecular formula is C10H16N2O3. The molecule has 2 unspecified atom stereocenters. The monoisotopic (exact) mass is 212 g/mol. The van der Waals surface area contributed by atoms with Gasteiger partial charge in [0.2, 0.25) is 0 Å². The van der Waals surface area contributed by atoms with Gasteiger partial charge in [-0.1, -0.05) is 0 Å².